The van der Waals surface area contributed by atoms with Gasteiger partial charge in [0.1, 0.15) is 23.7 Å². The molecule has 10 nitrogen and oxygen atoms in total. The van der Waals surface area contributed by atoms with Crippen LogP contribution in [0.2, 0.25) is 0 Å². The van der Waals surface area contributed by atoms with Crippen LogP contribution >= 0.6 is 0 Å². The number of aliphatic hydroxyl groups excluding tert-OH is 1. The van der Waals surface area contributed by atoms with Gasteiger partial charge in [0.2, 0.25) is 17.7 Å². The molecule has 10 heteroatoms. The molecule has 0 aromatic heterocycles. The summed E-state index contributed by atoms with van der Waals surface area (Å²) < 4.78 is 12.2. The molecule has 0 radical (unpaired) electrons. The van der Waals surface area contributed by atoms with Crippen LogP contribution in [0, 0.1) is 11.8 Å². The molecule has 1 spiro atoms. The average molecular weight is 518 g/mol. The zero-order valence-electron chi connectivity index (χ0n) is 21.9. The molecule has 4 aliphatic rings. The van der Waals surface area contributed by atoms with Crippen molar-refractivity contribution < 1.29 is 33.8 Å². The maximum Gasteiger partial charge on any atom is 0.313 e. The number of unbranched alkanes of at least 4 members (excludes halogenated alkanes) is 2. The Kier molecular flexibility index (Phi) is 8.38. The number of fused-ring (bicyclic) bond motifs is 2. The fraction of sp³-hybridized carbons (Fsp3) is 0.704. The number of rotatable bonds is 6. The van der Waals surface area contributed by atoms with Crippen LogP contribution in [0.25, 0.3) is 0 Å². The maximum atomic E-state index is 14.0. The Morgan fingerprint density at radius 1 is 1.19 bits per heavy atom. The molecule has 3 amide bonds. The predicted molar refractivity (Wildman–Crippen MR) is 134 cm³/mol. The molecule has 0 unspecified atom stereocenters. The number of likely N-dealkylation sites (tertiary alicyclic amines) is 1. The molecular weight excluding hydrogens is 478 g/mol. The molecule has 0 bridgehead atoms. The third-order valence-electron chi connectivity index (χ3n) is 7.83. The number of hydrogen-bond acceptors (Lipinski definition) is 7. The van der Waals surface area contributed by atoms with Crippen LogP contribution in [-0.2, 0) is 28.7 Å². The maximum absolute atomic E-state index is 14.0. The first kappa shape index (κ1) is 27.3. The first-order valence-corrected chi connectivity index (χ1v) is 13.5. The van der Waals surface area contributed by atoms with Crippen LogP contribution in [-0.4, -0.2) is 94.7 Å². The zero-order chi connectivity index (χ0) is 26.7. The number of cyclic esters (lactones) is 1. The van der Waals surface area contributed by atoms with Crippen molar-refractivity contribution in [3.05, 3.63) is 24.3 Å². The summed E-state index contributed by atoms with van der Waals surface area (Å²) in [5.41, 5.74) is -1.37. The highest BCUT2D eigenvalue weighted by Gasteiger charge is 2.72. The van der Waals surface area contributed by atoms with Crippen molar-refractivity contribution in [3.63, 3.8) is 0 Å². The van der Waals surface area contributed by atoms with Crippen LogP contribution < -0.4 is 5.32 Å². The van der Waals surface area contributed by atoms with Crippen LogP contribution in [0.5, 0.6) is 0 Å². The molecule has 2 fully saturated rings. The van der Waals surface area contributed by atoms with Gasteiger partial charge in [0.15, 0.2) is 0 Å². The largest absolute Gasteiger partial charge is 0.460 e. The summed E-state index contributed by atoms with van der Waals surface area (Å²) in [5.74, 6) is -3.33. The summed E-state index contributed by atoms with van der Waals surface area (Å²) in [6.07, 6.45) is 9.29. The molecule has 2 N–H and O–H groups in total. The number of carbonyl (C=O) groups is 4. The van der Waals surface area contributed by atoms with Crippen molar-refractivity contribution in [2.75, 3.05) is 26.2 Å². The van der Waals surface area contributed by atoms with E-state index in [0.717, 1.165) is 19.3 Å². The van der Waals surface area contributed by atoms with E-state index in [4.69, 9.17) is 9.47 Å². The highest BCUT2D eigenvalue weighted by molar-refractivity contribution is 5.99. The van der Waals surface area contributed by atoms with Crippen molar-refractivity contribution >= 4 is 23.7 Å². The van der Waals surface area contributed by atoms with Gasteiger partial charge in [0, 0.05) is 19.5 Å². The molecule has 204 valence electrons. The third kappa shape index (κ3) is 5.05. The smallest absolute Gasteiger partial charge is 0.313 e. The van der Waals surface area contributed by atoms with E-state index in [1.54, 1.807) is 37.0 Å². The molecule has 4 aliphatic heterocycles. The fourth-order valence-corrected chi connectivity index (χ4v) is 5.96. The van der Waals surface area contributed by atoms with Crippen LogP contribution in [0.3, 0.4) is 0 Å². The summed E-state index contributed by atoms with van der Waals surface area (Å²) in [6.45, 7) is 6.24. The lowest BCUT2D eigenvalue weighted by Crippen LogP contribution is -2.57. The van der Waals surface area contributed by atoms with Gasteiger partial charge < -0.3 is 29.7 Å². The summed E-state index contributed by atoms with van der Waals surface area (Å²) in [4.78, 5) is 56.7. The monoisotopic (exact) mass is 517 g/mol. The zero-order valence-corrected chi connectivity index (χ0v) is 21.9. The SMILES string of the molecule is CCCCCN1CC=C[C@]23O[C@@H]4/C=C\CCC(=O)NC[C@@H](C)OC(=O)[C@@H]4[C@H]2C(=O)N([C@H](C)CO)[C@@H]3C1=O. The summed E-state index contributed by atoms with van der Waals surface area (Å²) in [7, 11) is 0. The van der Waals surface area contributed by atoms with Gasteiger partial charge in [-0.2, -0.15) is 0 Å². The van der Waals surface area contributed by atoms with Crippen molar-refractivity contribution in [1.82, 2.24) is 15.1 Å². The fourth-order valence-electron chi connectivity index (χ4n) is 5.96. The number of amides is 3. The van der Waals surface area contributed by atoms with E-state index in [1.807, 2.05) is 6.08 Å². The van der Waals surface area contributed by atoms with Gasteiger partial charge in [-0.25, -0.2) is 0 Å². The normalized spacial score (nSPS) is 35.9. The molecule has 7 atom stereocenters. The molecule has 2 saturated heterocycles. The van der Waals surface area contributed by atoms with Gasteiger partial charge in [-0.3, -0.25) is 19.2 Å². The Hall–Kier alpha value is -2.72. The quantitative estimate of drug-likeness (QED) is 0.305. The van der Waals surface area contributed by atoms with Gasteiger partial charge in [-0.15, -0.1) is 0 Å². The Morgan fingerprint density at radius 2 is 1.97 bits per heavy atom. The van der Waals surface area contributed by atoms with Gasteiger partial charge in [0.25, 0.3) is 0 Å². The molecule has 0 aliphatic carbocycles. The van der Waals surface area contributed by atoms with Gasteiger partial charge in [-0.05, 0) is 26.7 Å². The summed E-state index contributed by atoms with van der Waals surface area (Å²) >= 11 is 0. The lowest BCUT2D eigenvalue weighted by atomic mass is 9.78. The minimum Gasteiger partial charge on any atom is -0.460 e. The Bertz CT molecular complexity index is 966. The third-order valence-corrected chi connectivity index (χ3v) is 7.83. The van der Waals surface area contributed by atoms with E-state index in [9.17, 15) is 24.3 Å². The van der Waals surface area contributed by atoms with Gasteiger partial charge >= 0.3 is 5.97 Å². The minimum absolute atomic E-state index is 0.142. The van der Waals surface area contributed by atoms with Crippen LogP contribution in [0.1, 0.15) is 52.9 Å². The number of esters is 1. The van der Waals surface area contributed by atoms with Crippen molar-refractivity contribution in [2.24, 2.45) is 11.8 Å². The van der Waals surface area contributed by atoms with E-state index in [1.165, 1.54) is 4.90 Å². The number of nitrogens with one attached hydrogen (secondary N) is 1. The van der Waals surface area contributed by atoms with Crippen molar-refractivity contribution in [1.29, 1.82) is 0 Å². The molecule has 0 aromatic carbocycles. The van der Waals surface area contributed by atoms with E-state index in [-0.39, 0.29) is 31.4 Å². The molecule has 4 heterocycles. The molecule has 0 aromatic rings. The number of nitrogens with zero attached hydrogens (tertiary/aromatic N) is 2. The Morgan fingerprint density at radius 3 is 2.70 bits per heavy atom. The summed E-state index contributed by atoms with van der Waals surface area (Å²) in [6, 6.07) is -1.64. The standard InChI is InChI=1S/C27H39N3O7/c1-4-5-8-13-29-14-9-12-27-22(24(33)30(17(2)16-31)23(27)25(29)34)21-19(37-27)10-6-7-11-20(32)28-15-18(3)36-26(21)35/h6,9-10,12,17-19,21-23,31H,4-5,7-8,11,13-16H2,1-3H3,(H,28,32)/b10-6-/t17-,18-,19-,21+,22+,23-,27+/m1/s1. The lowest BCUT2D eigenvalue weighted by Gasteiger charge is -2.37. The Balaban J connectivity index is 1.76. The Labute approximate surface area is 218 Å². The number of ether oxygens (including phenoxy) is 2. The molecular formula is C27H39N3O7. The van der Waals surface area contributed by atoms with Gasteiger partial charge in [0.05, 0.1) is 31.2 Å². The van der Waals surface area contributed by atoms with Crippen LogP contribution in [0.4, 0.5) is 0 Å². The highest BCUT2D eigenvalue weighted by atomic mass is 16.6. The second-order valence-electron chi connectivity index (χ2n) is 10.5. The van der Waals surface area contributed by atoms with E-state index < -0.39 is 53.6 Å². The van der Waals surface area contributed by atoms with Crippen molar-refractivity contribution in [2.45, 2.75) is 82.8 Å². The molecule has 0 saturated carbocycles. The topological polar surface area (TPSA) is 125 Å². The summed E-state index contributed by atoms with van der Waals surface area (Å²) in [5, 5.41) is 12.7. The number of carbonyl (C=O) groups excluding carboxylic acids is 4. The predicted octanol–water partition coefficient (Wildman–Crippen LogP) is 0.935. The first-order valence-electron chi connectivity index (χ1n) is 13.5. The number of allylic oxidation sites excluding steroid dienone is 1. The van der Waals surface area contributed by atoms with Gasteiger partial charge in [-0.1, -0.05) is 44.1 Å². The molecule has 4 rings (SSSR count). The second kappa shape index (κ2) is 11.3. The second-order valence-corrected chi connectivity index (χ2v) is 10.5. The van der Waals surface area contributed by atoms with E-state index in [2.05, 4.69) is 12.2 Å². The van der Waals surface area contributed by atoms with E-state index >= 15 is 0 Å². The molecule has 37 heavy (non-hydrogen) atoms. The lowest BCUT2D eigenvalue weighted by molar-refractivity contribution is -0.159. The highest BCUT2D eigenvalue weighted by Crippen LogP contribution is 2.53. The van der Waals surface area contributed by atoms with Crippen LogP contribution in [0.15, 0.2) is 24.3 Å². The minimum atomic E-state index is -1.37. The van der Waals surface area contributed by atoms with Crippen molar-refractivity contribution in [3.8, 4) is 0 Å². The average Bonchev–Trinajstić information content (AvgIpc) is 3.27. The number of hydrogen-bond donors (Lipinski definition) is 2. The number of aliphatic hydroxyl groups is 1. The first-order chi connectivity index (χ1) is 17.7. The van der Waals surface area contributed by atoms with E-state index in [0.29, 0.717) is 19.5 Å².